The van der Waals surface area contributed by atoms with Crippen LogP contribution in [0.5, 0.6) is 0 Å². The predicted molar refractivity (Wildman–Crippen MR) is 71.4 cm³/mol. The molecule has 1 atom stereocenters. The van der Waals surface area contributed by atoms with E-state index in [1.165, 1.54) is 11.3 Å². The number of hydrogen-bond donors (Lipinski definition) is 1. The Balaban J connectivity index is 2.20. The molecule has 0 fully saturated rings. The van der Waals surface area contributed by atoms with Crippen molar-refractivity contribution in [3.05, 3.63) is 41.6 Å². The molecule has 1 N–H and O–H groups in total. The second-order valence-electron chi connectivity index (χ2n) is 4.48. The van der Waals surface area contributed by atoms with Crippen molar-refractivity contribution in [3.63, 3.8) is 0 Å². The van der Waals surface area contributed by atoms with Crippen molar-refractivity contribution in [2.45, 2.75) is 32.7 Å². The summed E-state index contributed by atoms with van der Waals surface area (Å²) in [5.41, 5.74) is 3.58. The molecule has 1 unspecified atom stereocenters. The number of aryl methyl sites for hydroxylation is 2. The van der Waals surface area contributed by atoms with Crippen LogP contribution in [-0.4, -0.2) is 16.3 Å². The standard InChI is InChI=1S/C14H21N3O/c1-4-12-9-14(17(3)16-12)13(15-5-2)8-11-6-7-18-10-11/h6-7,9-10,13,15H,4-5,8H2,1-3H3. The van der Waals surface area contributed by atoms with Crippen molar-refractivity contribution >= 4 is 0 Å². The molecular weight excluding hydrogens is 226 g/mol. The van der Waals surface area contributed by atoms with Gasteiger partial charge in [0, 0.05) is 7.05 Å². The van der Waals surface area contributed by atoms with Crippen LogP contribution in [-0.2, 0) is 19.9 Å². The van der Waals surface area contributed by atoms with Gasteiger partial charge in [-0.3, -0.25) is 4.68 Å². The molecule has 0 saturated carbocycles. The fourth-order valence-corrected chi connectivity index (χ4v) is 2.21. The average molecular weight is 247 g/mol. The van der Waals surface area contributed by atoms with Gasteiger partial charge >= 0.3 is 0 Å². The zero-order valence-corrected chi connectivity index (χ0v) is 11.3. The van der Waals surface area contributed by atoms with E-state index in [2.05, 4.69) is 30.3 Å². The molecule has 0 bridgehead atoms. The molecule has 98 valence electrons. The van der Waals surface area contributed by atoms with Crippen molar-refractivity contribution in [2.75, 3.05) is 6.54 Å². The number of nitrogens with zero attached hydrogens (tertiary/aromatic N) is 2. The van der Waals surface area contributed by atoms with Gasteiger partial charge in [0.05, 0.1) is 30.0 Å². The van der Waals surface area contributed by atoms with Crippen molar-refractivity contribution in [2.24, 2.45) is 7.05 Å². The summed E-state index contributed by atoms with van der Waals surface area (Å²) in [4.78, 5) is 0. The number of hydrogen-bond acceptors (Lipinski definition) is 3. The van der Waals surface area contributed by atoms with Gasteiger partial charge in [0.2, 0.25) is 0 Å². The highest BCUT2D eigenvalue weighted by Crippen LogP contribution is 2.19. The molecule has 2 heterocycles. The first-order valence-corrected chi connectivity index (χ1v) is 6.51. The van der Waals surface area contributed by atoms with Crippen molar-refractivity contribution < 1.29 is 4.42 Å². The van der Waals surface area contributed by atoms with Gasteiger partial charge in [-0.15, -0.1) is 0 Å². The van der Waals surface area contributed by atoms with E-state index in [4.69, 9.17) is 4.42 Å². The zero-order chi connectivity index (χ0) is 13.0. The minimum atomic E-state index is 0.283. The minimum absolute atomic E-state index is 0.283. The Hall–Kier alpha value is -1.55. The molecule has 4 nitrogen and oxygen atoms in total. The van der Waals surface area contributed by atoms with Crippen LogP contribution in [0.4, 0.5) is 0 Å². The lowest BCUT2D eigenvalue weighted by molar-refractivity contribution is 0.502. The minimum Gasteiger partial charge on any atom is -0.472 e. The molecule has 4 heteroatoms. The Morgan fingerprint density at radius 2 is 2.28 bits per heavy atom. The molecule has 18 heavy (non-hydrogen) atoms. The quantitative estimate of drug-likeness (QED) is 0.852. The number of nitrogens with one attached hydrogen (secondary N) is 1. The molecule has 2 aromatic heterocycles. The van der Waals surface area contributed by atoms with Gasteiger partial charge in [0.25, 0.3) is 0 Å². The molecule has 0 aliphatic carbocycles. The SMILES string of the molecule is CCNC(Cc1ccoc1)c1cc(CC)nn1C. The summed E-state index contributed by atoms with van der Waals surface area (Å²) in [6.45, 7) is 5.19. The van der Waals surface area contributed by atoms with Gasteiger partial charge in [0.1, 0.15) is 0 Å². The third-order valence-corrected chi connectivity index (χ3v) is 3.16. The van der Waals surface area contributed by atoms with Crippen LogP contribution < -0.4 is 5.32 Å². The third-order valence-electron chi connectivity index (χ3n) is 3.16. The lowest BCUT2D eigenvalue weighted by Crippen LogP contribution is -2.25. The molecule has 0 aromatic carbocycles. The lowest BCUT2D eigenvalue weighted by Gasteiger charge is -2.17. The second kappa shape index (κ2) is 5.87. The molecule has 0 radical (unpaired) electrons. The Kier molecular flexibility index (Phi) is 4.20. The molecule has 0 saturated heterocycles. The molecule has 2 aromatic rings. The Labute approximate surface area is 108 Å². The summed E-state index contributed by atoms with van der Waals surface area (Å²) in [6, 6.07) is 4.49. The van der Waals surface area contributed by atoms with Crippen LogP contribution in [0.15, 0.2) is 29.1 Å². The largest absolute Gasteiger partial charge is 0.472 e. The van der Waals surface area contributed by atoms with Crippen LogP contribution in [0.1, 0.15) is 36.8 Å². The maximum Gasteiger partial charge on any atom is 0.0935 e. The van der Waals surface area contributed by atoms with Gasteiger partial charge in [-0.2, -0.15) is 5.10 Å². The van der Waals surface area contributed by atoms with E-state index >= 15 is 0 Å². The smallest absolute Gasteiger partial charge is 0.0935 e. The predicted octanol–water partition coefficient (Wildman–Crippen LogP) is 2.47. The Morgan fingerprint density at radius 1 is 1.44 bits per heavy atom. The van der Waals surface area contributed by atoms with E-state index in [-0.39, 0.29) is 6.04 Å². The summed E-state index contributed by atoms with van der Waals surface area (Å²) >= 11 is 0. The fourth-order valence-electron chi connectivity index (χ4n) is 2.21. The van der Waals surface area contributed by atoms with Crippen molar-refractivity contribution in [1.82, 2.24) is 15.1 Å². The first-order chi connectivity index (χ1) is 8.74. The molecule has 0 amide bonds. The number of furan rings is 1. The van der Waals surface area contributed by atoms with Crippen molar-refractivity contribution in [3.8, 4) is 0 Å². The molecule has 0 aliphatic heterocycles. The number of aromatic nitrogens is 2. The van der Waals surface area contributed by atoms with Crippen molar-refractivity contribution in [1.29, 1.82) is 0 Å². The fraction of sp³-hybridized carbons (Fsp3) is 0.500. The molecule has 0 spiro atoms. The van der Waals surface area contributed by atoms with E-state index in [9.17, 15) is 0 Å². The van der Waals surface area contributed by atoms with Crippen LogP contribution in [0.25, 0.3) is 0 Å². The van der Waals surface area contributed by atoms with Crippen LogP contribution in [0.2, 0.25) is 0 Å². The molecule has 2 rings (SSSR count). The summed E-state index contributed by atoms with van der Waals surface area (Å²) in [5, 5.41) is 8.03. The van der Waals surface area contributed by atoms with Crippen LogP contribution in [0.3, 0.4) is 0 Å². The average Bonchev–Trinajstić information content (AvgIpc) is 2.98. The summed E-state index contributed by atoms with van der Waals surface area (Å²) in [7, 11) is 2.01. The van der Waals surface area contributed by atoms with E-state index in [1.807, 2.05) is 17.8 Å². The number of rotatable bonds is 6. The highest BCUT2D eigenvalue weighted by atomic mass is 16.3. The van der Waals surface area contributed by atoms with Gasteiger partial charge in [-0.1, -0.05) is 13.8 Å². The Bertz CT molecular complexity index is 473. The van der Waals surface area contributed by atoms with Crippen LogP contribution >= 0.6 is 0 Å². The third kappa shape index (κ3) is 2.82. The molecule has 0 aliphatic rings. The second-order valence-corrected chi connectivity index (χ2v) is 4.48. The normalized spacial score (nSPS) is 12.8. The first kappa shape index (κ1) is 12.9. The molecular formula is C14H21N3O. The van der Waals surface area contributed by atoms with Gasteiger partial charge in [-0.25, -0.2) is 0 Å². The van der Waals surface area contributed by atoms with Gasteiger partial charge < -0.3 is 9.73 Å². The van der Waals surface area contributed by atoms with E-state index in [1.54, 1.807) is 12.5 Å². The van der Waals surface area contributed by atoms with Crippen LogP contribution in [0, 0.1) is 0 Å². The van der Waals surface area contributed by atoms with E-state index in [0.29, 0.717) is 0 Å². The van der Waals surface area contributed by atoms with Gasteiger partial charge in [-0.05, 0) is 37.1 Å². The summed E-state index contributed by atoms with van der Waals surface area (Å²) in [6.07, 6.45) is 5.42. The topological polar surface area (TPSA) is 43.0 Å². The highest BCUT2D eigenvalue weighted by molar-refractivity contribution is 5.18. The Morgan fingerprint density at radius 3 is 2.83 bits per heavy atom. The lowest BCUT2D eigenvalue weighted by atomic mass is 10.1. The number of likely N-dealkylation sites (N-methyl/N-ethyl adjacent to an activating group) is 1. The van der Waals surface area contributed by atoms with Gasteiger partial charge in [0.15, 0.2) is 0 Å². The monoisotopic (exact) mass is 247 g/mol. The summed E-state index contributed by atoms with van der Waals surface area (Å²) in [5.74, 6) is 0. The van der Waals surface area contributed by atoms with E-state index in [0.717, 1.165) is 25.1 Å². The zero-order valence-electron chi connectivity index (χ0n) is 11.3. The first-order valence-electron chi connectivity index (χ1n) is 6.51. The highest BCUT2D eigenvalue weighted by Gasteiger charge is 2.16. The maximum atomic E-state index is 5.14. The van der Waals surface area contributed by atoms with E-state index < -0.39 is 0 Å². The summed E-state index contributed by atoms with van der Waals surface area (Å²) < 4.78 is 7.11. The maximum absolute atomic E-state index is 5.14.